The van der Waals surface area contributed by atoms with Gasteiger partial charge in [-0.25, -0.2) is 9.37 Å². The first-order valence-electron chi connectivity index (χ1n) is 8.38. The SMILES string of the molecule is CCCCCNC(=O)c1cccc(C(=O)NCc2ccc(F)cc2)n1. The molecule has 2 N–H and O–H groups in total. The molecular formula is C19H22FN3O2. The molecule has 0 spiro atoms. The molecule has 0 atom stereocenters. The van der Waals surface area contributed by atoms with E-state index < -0.39 is 0 Å². The van der Waals surface area contributed by atoms with E-state index in [4.69, 9.17) is 0 Å². The molecule has 2 rings (SSSR count). The van der Waals surface area contributed by atoms with E-state index in [-0.39, 0.29) is 35.6 Å². The number of nitrogens with zero attached hydrogens (tertiary/aromatic N) is 1. The Morgan fingerprint density at radius 3 is 2.24 bits per heavy atom. The molecule has 132 valence electrons. The number of rotatable bonds is 8. The van der Waals surface area contributed by atoms with Crippen molar-refractivity contribution in [1.29, 1.82) is 0 Å². The monoisotopic (exact) mass is 343 g/mol. The van der Waals surface area contributed by atoms with Crippen molar-refractivity contribution in [3.05, 3.63) is 65.2 Å². The van der Waals surface area contributed by atoms with Crippen molar-refractivity contribution in [2.24, 2.45) is 0 Å². The lowest BCUT2D eigenvalue weighted by Crippen LogP contribution is -2.28. The minimum Gasteiger partial charge on any atom is -0.351 e. The van der Waals surface area contributed by atoms with Crippen molar-refractivity contribution < 1.29 is 14.0 Å². The van der Waals surface area contributed by atoms with Gasteiger partial charge in [0.25, 0.3) is 11.8 Å². The summed E-state index contributed by atoms with van der Waals surface area (Å²) in [7, 11) is 0. The molecule has 1 heterocycles. The number of carbonyl (C=O) groups excluding carboxylic acids is 2. The molecule has 2 aromatic rings. The fraction of sp³-hybridized carbons (Fsp3) is 0.316. The number of benzene rings is 1. The number of amides is 2. The highest BCUT2D eigenvalue weighted by Gasteiger charge is 2.12. The zero-order chi connectivity index (χ0) is 18.1. The molecule has 5 nitrogen and oxygen atoms in total. The molecule has 0 radical (unpaired) electrons. The molecular weight excluding hydrogens is 321 g/mol. The van der Waals surface area contributed by atoms with E-state index in [0.717, 1.165) is 24.8 Å². The lowest BCUT2D eigenvalue weighted by atomic mass is 10.2. The van der Waals surface area contributed by atoms with Gasteiger partial charge in [0.1, 0.15) is 17.2 Å². The van der Waals surface area contributed by atoms with E-state index in [1.165, 1.54) is 12.1 Å². The summed E-state index contributed by atoms with van der Waals surface area (Å²) in [6.45, 7) is 2.95. The highest BCUT2D eigenvalue weighted by atomic mass is 19.1. The molecule has 0 fully saturated rings. The summed E-state index contributed by atoms with van der Waals surface area (Å²) >= 11 is 0. The molecule has 0 saturated heterocycles. The van der Waals surface area contributed by atoms with E-state index in [2.05, 4.69) is 22.5 Å². The summed E-state index contributed by atoms with van der Waals surface area (Å²) in [5.74, 6) is -0.997. The molecule has 0 aliphatic heterocycles. The van der Waals surface area contributed by atoms with Gasteiger partial charge < -0.3 is 10.6 Å². The van der Waals surface area contributed by atoms with Crippen LogP contribution >= 0.6 is 0 Å². The Bertz CT molecular complexity index is 717. The van der Waals surface area contributed by atoms with Crippen molar-refractivity contribution in [1.82, 2.24) is 15.6 Å². The number of hydrogen-bond acceptors (Lipinski definition) is 3. The van der Waals surface area contributed by atoms with Crippen LogP contribution in [0.1, 0.15) is 52.7 Å². The number of carbonyl (C=O) groups is 2. The molecule has 0 aliphatic carbocycles. The van der Waals surface area contributed by atoms with Crippen molar-refractivity contribution in [3.8, 4) is 0 Å². The third-order valence-electron chi connectivity index (χ3n) is 3.65. The Labute approximate surface area is 146 Å². The zero-order valence-corrected chi connectivity index (χ0v) is 14.2. The highest BCUT2D eigenvalue weighted by molar-refractivity contribution is 5.96. The molecule has 1 aromatic carbocycles. The minimum absolute atomic E-state index is 0.170. The summed E-state index contributed by atoms with van der Waals surface area (Å²) in [6.07, 6.45) is 3.05. The number of hydrogen-bond donors (Lipinski definition) is 2. The maximum Gasteiger partial charge on any atom is 0.270 e. The van der Waals surface area contributed by atoms with Crippen LogP contribution in [-0.4, -0.2) is 23.3 Å². The summed E-state index contributed by atoms with van der Waals surface area (Å²) in [6, 6.07) is 10.6. The van der Waals surface area contributed by atoms with Gasteiger partial charge in [0, 0.05) is 13.1 Å². The number of pyridine rings is 1. The summed E-state index contributed by atoms with van der Waals surface area (Å²) in [5.41, 5.74) is 1.16. The van der Waals surface area contributed by atoms with Gasteiger partial charge in [-0.3, -0.25) is 9.59 Å². The Hall–Kier alpha value is -2.76. The number of unbranched alkanes of at least 4 members (excludes halogenated alkanes) is 2. The zero-order valence-electron chi connectivity index (χ0n) is 14.2. The van der Waals surface area contributed by atoms with E-state index in [9.17, 15) is 14.0 Å². The van der Waals surface area contributed by atoms with Crippen LogP contribution in [0.5, 0.6) is 0 Å². The third kappa shape index (κ3) is 5.99. The quantitative estimate of drug-likeness (QED) is 0.724. The molecule has 25 heavy (non-hydrogen) atoms. The molecule has 0 aliphatic rings. The molecule has 0 bridgehead atoms. The fourth-order valence-corrected chi connectivity index (χ4v) is 2.23. The van der Waals surface area contributed by atoms with Gasteiger partial charge in [-0.15, -0.1) is 0 Å². The lowest BCUT2D eigenvalue weighted by Gasteiger charge is -2.07. The van der Waals surface area contributed by atoms with Crippen LogP contribution in [0.4, 0.5) is 4.39 Å². The highest BCUT2D eigenvalue weighted by Crippen LogP contribution is 2.04. The number of aromatic nitrogens is 1. The largest absolute Gasteiger partial charge is 0.351 e. The third-order valence-corrected chi connectivity index (χ3v) is 3.65. The summed E-state index contributed by atoms with van der Waals surface area (Å²) in [5, 5.41) is 5.50. The van der Waals surface area contributed by atoms with Gasteiger partial charge in [0.05, 0.1) is 0 Å². The molecule has 6 heteroatoms. The maximum absolute atomic E-state index is 12.9. The smallest absolute Gasteiger partial charge is 0.270 e. The average Bonchev–Trinajstić information content (AvgIpc) is 2.64. The standard InChI is InChI=1S/C19H22FN3O2/c1-2-3-4-12-21-18(24)16-6-5-7-17(23-16)19(25)22-13-14-8-10-15(20)11-9-14/h5-11H,2-4,12-13H2,1H3,(H,21,24)(H,22,25). The fourth-order valence-electron chi connectivity index (χ4n) is 2.23. The van der Waals surface area contributed by atoms with Gasteiger partial charge in [0.2, 0.25) is 0 Å². The van der Waals surface area contributed by atoms with Crippen molar-refractivity contribution >= 4 is 11.8 Å². The second-order valence-electron chi connectivity index (χ2n) is 5.68. The van der Waals surface area contributed by atoms with Crippen LogP contribution in [-0.2, 0) is 6.54 Å². The van der Waals surface area contributed by atoms with Crippen LogP contribution in [0.25, 0.3) is 0 Å². The minimum atomic E-state index is -0.384. The normalized spacial score (nSPS) is 10.3. The van der Waals surface area contributed by atoms with Crippen molar-refractivity contribution in [3.63, 3.8) is 0 Å². The molecule has 0 unspecified atom stereocenters. The Balaban J connectivity index is 1.91. The Kier molecular flexibility index (Phi) is 7.07. The number of halogens is 1. The molecule has 2 amide bonds. The Morgan fingerprint density at radius 2 is 1.60 bits per heavy atom. The average molecular weight is 343 g/mol. The van der Waals surface area contributed by atoms with E-state index in [1.807, 2.05) is 0 Å². The lowest BCUT2D eigenvalue weighted by molar-refractivity contribution is 0.0942. The van der Waals surface area contributed by atoms with Gasteiger partial charge in [-0.05, 0) is 36.2 Å². The molecule has 1 aromatic heterocycles. The van der Waals surface area contributed by atoms with Crippen LogP contribution in [0.15, 0.2) is 42.5 Å². The van der Waals surface area contributed by atoms with Gasteiger partial charge in [-0.1, -0.05) is 38.0 Å². The van der Waals surface area contributed by atoms with Crippen LogP contribution in [0, 0.1) is 5.82 Å². The van der Waals surface area contributed by atoms with Crippen molar-refractivity contribution in [2.45, 2.75) is 32.7 Å². The van der Waals surface area contributed by atoms with E-state index in [0.29, 0.717) is 6.54 Å². The number of nitrogens with one attached hydrogen (secondary N) is 2. The predicted octanol–water partition coefficient (Wildman–Crippen LogP) is 3.07. The second kappa shape index (κ2) is 9.52. The second-order valence-corrected chi connectivity index (χ2v) is 5.68. The summed E-state index contributed by atoms with van der Waals surface area (Å²) < 4.78 is 12.9. The van der Waals surface area contributed by atoms with Gasteiger partial charge in [-0.2, -0.15) is 0 Å². The first kappa shape index (κ1) is 18.6. The molecule has 0 saturated carbocycles. The van der Waals surface area contributed by atoms with Crippen LogP contribution in [0.2, 0.25) is 0 Å². The topological polar surface area (TPSA) is 71.1 Å². The summed E-state index contributed by atoms with van der Waals surface area (Å²) in [4.78, 5) is 28.3. The Morgan fingerprint density at radius 1 is 0.960 bits per heavy atom. The van der Waals surface area contributed by atoms with Crippen molar-refractivity contribution in [2.75, 3.05) is 6.54 Å². The predicted molar refractivity (Wildman–Crippen MR) is 93.7 cm³/mol. The van der Waals surface area contributed by atoms with Crippen LogP contribution < -0.4 is 10.6 Å². The van der Waals surface area contributed by atoms with Crippen LogP contribution in [0.3, 0.4) is 0 Å². The van der Waals surface area contributed by atoms with Gasteiger partial charge in [0.15, 0.2) is 0 Å². The van der Waals surface area contributed by atoms with E-state index >= 15 is 0 Å². The van der Waals surface area contributed by atoms with Gasteiger partial charge >= 0.3 is 0 Å². The maximum atomic E-state index is 12.9. The van der Waals surface area contributed by atoms with E-state index in [1.54, 1.807) is 30.3 Å². The first-order chi connectivity index (χ1) is 12.1. The first-order valence-corrected chi connectivity index (χ1v) is 8.38.